The molecule has 0 saturated carbocycles. The number of carbonyl (C=O) groups is 2. The van der Waals surface area contributed by atoms with E-state index in [1.165, 1.54) is 0 Å². The van der Waals surface area contributed by atoms with Crippen LogP contribution in [-0.4, -0.2) is 26.8 Å². The molecule has 2 heterocycles. The Bertz CT molecular complexity index is 1590. The van der Waals surface area contributed by atoms with Crippen LogP contribution in [0.15, 0.2) is 110 Å². The molecular formula is C29H23N7O2. The largest absolute Gasteiger partial charge is 0.397 e. The van der Waals surface area contributed by atoms with E-state index in [0.29, 0.717) is 39.8 Å². The minimum absolute atomic E-state index is 0.309. The first kappa shape index (κ1) is 24.1. The standard InChI is InChI=1S/C29H23N7O2/c30-24-8-1-2-9-26(24)35-28(38)20-12-10-19(11-13-20)27(37)33-22-6-3-7-23(17-22)34-29-32-16-14-25(36-29)21-5-4-15-31-18-21/h1-18H,30H2,(H,33,37)(H,35,38)(H,32,34,36). The zero-order chi connectivity index (χ0) is 26.3. The Hall–Kier alpha value is -5.57. The Labute approximate surface area is 218 Å². The van der Waals surface area contributed by atoms with Crippen molar-refractivity contribution in [1.29, 1.82) is 0 Å². The second-order valence-electron chi connectivity index (χ2n) is 8.29. The van der Waals surface area contributed by atoms with Gasteiger partial charge in [0.2, 0.25) is 5.95 Å². The first-order valence-corrected chi connectivity index (χ1v) is 11.7. The van der Waals surface area contributed by atoms with Gasteiger partial charge in [-0.05, 0) is 72.8 Å². The van der Waals surface area contributed by atoms with Gasteiger partial charge in [-0.2, -0.15) is 0 Å². The number of anilines is 5. The molecule has 0 aliphatic carbocycles. The molecule has 0 unspecified atom stereocenters. The molecule has 0 aliphatic heterocycles. The highest BCUT2D eigenvalue weighted by atomic mass is 16.2. The number of amides is 2. The number of nitrogens with two attached hydrogens (primary N) is 1. The number of para-hydroxylation sites is 2. The summed E-state index contributed by atoms with van der Waals surface area (Å²) >= 11 is 0. The number of nitrogens with zero attached hydrogens (tertiary/aromatic N) is 3. The van der Waals surface area contributed by atoms with E-state index < -0.39 is 0 Å². The van der Waals surface area contributed by atoms with Gasteiger partial charge in [0.1, 0.15) is 0 Å². The molecule has 3 aromatic carbocycles. The maximum Gasteiger partial charge on any atom is 0.255 e. The Morgan fingerprint density at radius 1 is 0.711 bits per heavy atom. The lowest BCUT2D eigenvalue weighted by Gasteiger charge is -2.10. The minimum Gasteiger partial charge on any atom is -0.397 e. The molecule has 0 saturated heterocycles. The molecule has 0 spiro atoms. The van der Waals surface area contributed by atoms with Crippen LogP contribution in [0.3, 0.4) is 0 Å². The Balaban J connectivity index is 1.23. The molecule has 0 atom stereocenters. The zero-order valence-electron chi connectivity index (χ0n) is 20.1. The van der Waals surface area contributed by atoms with Crippen LogP contribution in [0.5, 0.6) is 0 Å². The molecule has 9 nitrogen and oxygen atoms in total. The zero-order valence-corrected chi connectivity index (χ0v) is 20.1. The van der Waals surface area contributed by atoms with Crippen molar-refractivity contribution in [1.82, 2.24) is 15.0 Å². The van der Waals surface area contributed by atoms with E-state index in [1.54, 1.807) is 79.3 Å². The van der Waals surface area contributed by atoms with Gasteiger partial charge < -0.3 is 21.7 Å². The molecular weight excluding hydrogens is 478 g/mol. The van der Waals surface area contributed by atoms with Gasteiger partial charge in [0.05, 0.1) is 17.1 Å². The number of nitrogen functional groups attached to an aromatic ring is 1. The van der Waals surface area contributed by atoms with Crippen molar-refractivity contribution in [3.05, 3.63) is 121 Å². The SMILES string of the molecule is Nc1ccccc1NC(=O)c1ccc(C(=O)Nc2cccc(Nc3nccc(-c4cccnc4)n3)c2)cc1. The van der Waals surface area contributed by atoms with Crippen LogP contribution in [0.1, 0.15) is 20.7 Å². The highest BCUT2D eigenvalue weighted by molar-refractivity contribution is 6.08. The van der Waals surface area contributed by atoms with Gasteiger partial charge in [-0.25, -0.2) is 9.97 Å². The van der Waals surface area contributed by atoms with Crippen molar-refractivity contribution in [2.75, 3.05) is 21.7 Å². The molecule has 2 aromatic heterocycles. The van der Waals surface area contributed by atoms with Gasteiger partial charge in [0.25, 0.3) is 11.8 Å². The van der Waals surface area contributed by atoms with E-state index in [-0.39, 0.29) is 11.8 Å². The third-order valence-corrected chi connectivity index (χ3v) is 5.61. The van der Waals surface area contributed by atoms with Crippen LogP contribution in [0.25, 0.3) is 11.3 Å². The van der Waals surface area contributed by atoms with E-state index >= 15 is 0 Å². The van der Waals surface area contributed by atoms with Gasteiger partial charge >= 0.3 is 0 Å². The number of nitrogens with one attached hydrogen (secondary N) is 3. The lowest BCUT2D eigenvalue weighted by Crippen LogP contribution is -2.15. The summed E-state index contributed by atoms with van der Waals surface area (Å²) in [4.78, 5) is 38.3. The first-order valence-electron chi connectivity index (χ1n) is 11.7. The van der Waals surface area contributed by atoms with Crippen LogP contribution < -0.4 is 21.7 Å². The van der Waals surface area contributed by atoms with Crippen molar-refractivity contribution in [3.8, 4) is 11.3 Å². The van der Waals surface area contributed by atoms with Gasteiger partial charge in [-0.3, -0.25) is 14.6 Å². The molecule has 0 fully saturated rings. The number of hydrogen-bond donors (Lipinski definition) is 4. The topological polar surface area (TPSA) is 135 Å². The van der Waals surface area contributed by atoms with E-state index in [9.17, 15) is 9.59 Å². The minimum atomic E-state index is -0.316. The van der Waals surface area contributed by atoms with Gasteiger partial charge in [-0.1, -0.05) is 18.2 Å². The number of benzene rings is 3. The summed E-state index contributed by atoms with van der Waals surface area (Å²) in [7, 11) is 0. The second kappa shape index (κ2) is 11.0. The number of hydrogen-bond acceptors (Lipinski definition) is 7. The third-order valence-electron chi connectivity index (χ3n) is 5.61. The average Bonchev–Trinajstić information content (AvgIpc) is 2.95. The van der Waals surface area contributed by atoms with Gasteiger partial charge in [0.15, 0.2) is 0 Å². The van der Waals surface area contributed by atoms with Gasteiger partial charge in [-0.15, -0.1) is 0 Å². The molecule has 5 N–H and O–H groups in total. The Morgan fingerprint density at radius 2 is 1.45 bits per heavy atom. The van der Waals surface area contributed by atoms with Gasteiger partial charge in [0, 0.05) is 46.7 Å². The van der Waals surface area contributed by atoms with Crippen LogP contribution in [0, 0.1) is 0 Å². The average molecular weight is 502 g/mol. The summed E-state index contributed by atoms with van der Waals surface area (Å²) in [5.41, 5.74) is 10.6. The number of rotatable bonds is 7. The van der Waals surface area contributed by atoms with Crippen LogP contribution in [0.4, 0.5) is 28.7 Å². The number of aromatic nitrogens is 3. The molecule has 0 bridgehead atoms. The predicted octanol–water partition coefficient (Wildman–Crippen LogP) is 5.37. The van der Waals surface area contributed by atoms with Crippen molar-refractivity contribution in [2.24, 2.45) is 0 Å². The van der Waals surface area contributed by atoms with Crippen LogP contribution in [-0.2, 0) is 0 Å². The number of carbonyl (C=O) groups excluding carboxylic acids is 2. The molecule has 0 radical (unpaired) electrons. The van der Waals surface area contributed by atoms with Crippen molar-refractivity contribution in [2.45, 2.75) is 0 Å². The highest BCUT2D eigenvalue weighted by Crippen LogP contribution is 2.22. The van der Waals surface area contributed by atoms with Crippen molar-refractivity contribution >= 4 is 40.5 Å². The van der Waals surface area contributed by atoms with E-state index in [2.05, 4.69) is 30.9 Å². The second-order valence-corrected chi connectivity index (χ2v) is 8.29. The highest BCUT2D eigenvalue weighted by Gasteiger charge is 2.11. The van der Waals surface area contributed by atoms with Crippen LogP contribution in [0.2, 0.25) is 0 Å². The maximum absolute atomic E-state index is 12.8. The summed E-state index contributed by atoms with van der Waals surface area (Å²) in [6.45, 7) is 0. The summed E-state index contributed by atoms with van der Waals surface area (Å²) in [6, 6.07) is 26.2. The fourth-order valence-corrected chi connectivity index (χ4v) is 3.68. The molecule has 38 heavy (non-hydrogen) atoms. The fourth-order valence-electron chi connectivity index (χ4n) is 3.68. The van der Waals surface area contributed by atoms with E-state index in [0.717, 1.165) is 11.3 Å². The Kier molecular flexibility index (Phi) is 6.99. The quantitative estimate of drug-likeness (QED) is 0.220. The summed E-state index contributed by atoms with van der Waals surface area (Å²) in [6.07, 6.45) is 5.11. The van der Waals surface area contributed by atoms with Crippen molar-refractivity contribution < 1.29 is 9.59 Å². The van der Waals surface area contributed by atoms with E-state index in [1.807, 2.05) is 30.3 Å². The molecule has 5 aromatic rings. The van der Waals surface area contributed by atoms with Crippen molar-refractivity contribution in [3.63, 3.8) is 0 Å². The number of pyridine rings is 1. The molecule has 186 valence electrons. The summed E-state index contributed by atoms with van der Waals surface area (Å²) in [5.74, 6) is -0.208. The molecule has 2 amide bonds. The first-order chi connectivity index (χ1) is 18.5. The smallest absolute Gasteiger partial charge is 0.255 e. The lowest BCUT2D eigenvalue weighted by molar-refractivity contribution is 0.101. The monoisotopic (exact) mass is 501 g/mol. The summed E-state index contributed by atoms with van der Waals surface area (Å²) < 4.78 is 0. The molecule has 9 heteroatoms. The summed E-state index contributed by atoms with van der Waals surface area (Å²) in [5, 5.41) is 8.81. The normalized spacial score (nSPS) is 10.4. The molecule has 5 rings (SSSR count). The lowest BCUT2D eigenvalue weighted by atomic mass is 10.1. The van der Waals surface area contributed by atoms with E-state index in [4.69, 9.17) is 5.73 Å². The Morgan fingerprint density at radius 3 is 2.18 bits per heavy atom. The molecule has 0 aliphatic rings. The maximum atomic E-state index is 12.8. The predicted molar refractivity (Wildman–Crippen MR) is 148 cm³/mol. The fraction of sp³-hybridized carbons (Fsp3) is 0. The third kappa shape index (κ3) is 5.80. The van der Waals surface area contributed by atoms with Crippen LogP contribution >= 0.6 is 0 Å².